The fraction of sp³-hybridized carbons (Fsp3) is 0.750. The molecule has 1 aliphatic rings. The van der Waals surface area contributed by atoms with Crippen LogP contribution in [0.4, 0.5) is 0 Å². The summed E-state index contributed by atoms with van der Waals surface area (Å²) >= 11 is 0. The SMILES string of the molecule is CC[Si](C#C[C@]1(C)CCC=C[C@@H]1/C=C(C)/C=C/[C@@H](C)C[C@H](C)[C@H](O[Si](C)(C)C(C)(C)C)[C@@H](C)NC(C)=O)(CC)CC. The van der Waals surface area contributed by atoms with E-state index < -0.39 is 16.4 Å². The highest BCUT2D eigenvalue weighted by atomic mass is 28.4. The summed E-state index contributed by atoms with van der Waals surface area (Å²) in [7, 11) is -3.46. The fourth-order valence-corrected chi connectivity index (χ4v) is 9.82. The van der Waals surface area contributed by atoms with Crippen molar-refractivity contribution in [1.29, 1.82) is 0 Å². The molecule has 41 heavy (non-hydrogen) atoms. The molecular formula is C36H65NO2Si2. The summed E-state index contributed by atoms with van der Waals surface area (Å²) in [6.07, 6.45) is 15.1. The zero-order valence-electron chi connectivity index (χ0n) is 29.3. The third-order valence-electron chi connectivity index (χ3n) is 10.1. The Morgan fingerprint density at radius 2 is 1.71 bits per heavy atom. The quantitative estimate of drug-likeness (QED) is 0.0990. The molecule has 6 atom stereocenters. The molecule has 0 spiro atoms. The Kier molecular flexibility index (Phi) is 14.6. The first kappa shape index (κ1) is 37.7. The molecule has 0 saturated heterocycles. The average molecular weight is 600 g/mol. The number of carbonyl (C=O) groups excluding carboxylic acids is 1. The van der Waals surface area contributed by atoms with Gasteiger partial charge in [-0.2, -0.15) is 0 Å². The molecular weight excluding hydrogens is 535 g/mol. The molecule has 0 aromatic rings. The van der Waals surface area contributed by atoms with Crippen LogP contribution in [0.1, 0.15) is 102 Å². The maximum absolute atomic E-state index is 11.9. The first-order valence-electron chi connectivity index (χ1n) is 16.4. The van der Waals surface area contributed by atoms with E-state index in [1.807, 2.05) is 0 Å². The third-order valence-corrected chi connectivity index (χ3v) is 19.3. The van der Waals surface area contributed by atoms with Crippen molar-refractivity contribution in [1.82, 2.24) is 5.32 Å². The topological polar surface area (TPSA) is 38.3 Å². The van der Waals surface area contributed by atoms with Crippen molar-refractivity contribution in [3.05, 3.63) is 36.0 Å². The Morgan fingerprint density at radius 3 is 2.22 bits per heavy atom. The number of allylic oxidation sites excluding steroid dienone is 6. The molecule has 0 radical (unpaired) electrons. The molecule has 0 aromatic heterocycles. The summed E-state index contributed by atoms with van der Waals surface area (Å²) in [5, 5.41) is 3.24. The zero-order chi connectivity index (χ0) is 31.6. The molecule has 0 heterocycles. The van der Waals surface area contributed by atoms with Gasteiger partial charge in [-0.1, -0.05) is 91.3 Å². The Hall–Kier alpha value is -1.36. The normalized spacial score (nSPS) is 23.5. The average Bonchev–Trinajstić information content (AvgIpc) is 2.87. The number of carbonyl (C=O) groups is 1. The van der Waals surface area contributed by atoms with Gasteiger partial charge in [-0.15, -0.1) is 11.5 Å². The van der Waals surface area contributed by atoms with Gasteiger partial charge >= 0.3 is 0 Å². The second-order valence-electron chi connectivity index (χ2n) is 14.8. The highest BCUT2D eigenvalue weighted by Gasteiger charge is 2.41. The van der Waals surface area contributed by atoms with E-state index in [1.54, 1.807) is 6.92 Å². The number of nitrogens with one attached hydrogen (secondary N) is 1. The lowest BCUT2D eigenvalue weighted by Crippen LogP contribution is -2.52. The summed E-state index contributed by atoms with van der Waals surface area (Å²) in [5.41, 5.74) is 5.21. The monoisotopic (exact) mass is 599 g/mol. The van der Waals surface area contributed by atoms with Crippen molar-refractivity contribution >= 4 is 22.3 Å². The summed E-state index contributed by atoms with van der Waals surface area (Å²) in [5.74, 6) is 4.92. The van der Waals surface area contributed by atoms with Gasteiger partial charge in [-0.05, 0) is 88.1 Å². The minimum Gasteiger partial charge on any atom is -0.412 e. The van der Waals surface area contributed by atoms with E-state index in [1.165, 1.54) is 23.7 Å². The molecule has 1 N–H and O–H groups in total. The lowest BCUT2D eigenvalue weighted by molar-refractivity contribution is -0.120. The van der Waals surface area contributed by atoms with Crippen molar-refractivity contribution < 1.29 is 9.22 Å². The number of rotatable bonds is 13. The lowest BCUT2D eigenvalue weighted by Gasteiger charge is -2.43. The summed E-state index contributed by atoms with van der Waals surface area (Å²) in [6, 6.07) is 3.73. The van der Waals surface area contributed by atoms with Crippen LogP contribution in [-0.4, -0.2) is 34.4 Å². The van der Waals surface area contributed by atoms with Crippen molar-refractivity contribution in [2.24, 2.45) is 23.2 Å². The highest BCUT2D eigenvalue weighted by Crippen LogP contribution is 2.40. The summed E-state index contributed by atoms with van der Waals surface area (Å²) in [4.78, 5) is 11.9. The van der Waals surface area contributed by atoms with Gasteiger partial charge in [-0.3, -0.25) is 4.79 Å². The molecule has 0 saturated carbocycles. The molecule has 0 aliphatic heterocycles. The Bertz CT molecular complexity index is 981. The van der Waals surface area contributed by atoms with Crippen molar-refractivity contribution in [2.75, 3.05) is 0 Å². The molecule has 3 nitrogen and oxygen atoms in total. The Morgan fingerprint density at radius 1 is 1.12 bits per heavy atom. The predicted octanol–water partition coefficient (Wildman–Crippen LogP) is 10.1. The second-order valence-corrected chi connectivity index (χ2v) is 24.5. The van der Waals surface area contributed by atoms with Crippen molar-refractivity contribution in [3.63, 3.8) is 0 Å². The molecule has 1 aliphatic carbocycles. The van der Waals surface area contributed by atoms with Crippen LogP contribution in [0, 0.1) is 34.6 Å². The molecule has 0 aromatic carbocycles. The van der Waals surface area contributed by atoms with E-state index in [0.29, 0.717) is 17.8 Å². The maximum atomic E-state index is 11.9. The minimum atomic E-state index is -1.99. The first-order valence-corrected chi connectivity index (χ1v) is 21.9. The second kappa shape index (κ2) is 15.9. The van der Waals surface area contributed by atoms with E-state index in [-0.39, 0.29) is 28.5 Å². The van der Waals surface area contributed by atoms with Gasteiger partial charge in [0.2, 0.25) is 5.91 Å². The Labute approximate surface area is 257 Å². The zero-order valence-corrected chi connectivity index (χ0v) is 31.3. The molecule has 0 unspecified atom stereocenters. The van der Waals surface area contributed by atoms with E-state index in [4.69, 9.17) is 4.43 Å². The number of hydrogen-bond acceptors (Lipinski definition) is 2. The maximum Gasteiger partial charge on any atom is 0.217 e. The number of amides is 1. The van der Waals surface area contributed by atoms with Gasteiger partial charge in [0.1, 0.15) is 8.07 Å². The molecule has 1 amide bonds. The summed E-state index contributed by atoms with van der Waals surface area (Å²) < 4.78 is 6.92. The van der Waals surface area contributed by atoms with E-state index in [9.17, 15) is 4.79 Å². The van der Waals surface area contributed by atoms with Gasteiger partial charge in [0, 0.05) is 18.3 Å². The van der Waals surface area contributed by atoms with Crippen molar-refractivity contribution in [3.8, 4) is 11.5 Å². The third kappa shape index (κ3) is 11.3. The largest absolute Gasteiger partial charge is 0.412 e. The highest BCUT2D eigenvalue weighted by molar-refractivity contribution is 6.87. The van der Waals surface area contributed by atoms with E-state index in [2.05, 4.69) is 136 Å². The van der Waals surface area contributed by atoms with Gasteiger partial charge in [0.15, 0.2) is 8.32 Å². The van der Waals surface area contributed by atoms with Crippen molar-refractivity contribution in [2.45, 2.75) is 151 Å². The Balaban J connectivity index is 3.09. The van der Waals surface area contributed by atoms with Crippen LogP contribution in [0.15, 0.2) is 36.0 Å². The van der Waals surface area contributed by atoms with Gasteiger partial charge < -0.3 is 9.74 Å². The van der Waals surface area contributed by atoms with Crippen LogP contribution in [-0.2, 0) is 9.22 Å². The number of hydrogen-bond donors (Lipinski definition) is 1. The van der Waals surface area contributed by atoms with Gasteiger partial charge in [0.05, 0.1) is 12.1 Å². The van der Waals surface area contributed by atoms with E-state index in [0.717, 1.165) is 19.3 Å². The van der Waals surface area contributed by atoms with Crippen LogP contribution < -0.4 is 5.32 Å². The minimum absolute atomic E-state index is 0.00260. The smallest absolute Gasteiger partial charge is 0.217 e. The van der Waals surface area contributed by atoms with Gasteiger partial charge in [0.25, 0.3) is 0 Å². The molecule has 234 valence electrons. The fourth-order valence-electron chi connectivity index (χ4n) is 5.77. The summed E-state index contributed by atoms with van der Waals surface area (Å²) in [6.45, 7) is 31.3. The molecule has 1 rings (SSSR count). The standard InChI is InChI=1S/C36H65NO2Si2/c1-15-41(16-2,17-3)25-24-36(12)23-19-18-20-33(36)27-29(5)22-21-28(4)26-30(6)34(31(7)37-32(8)38)39-40(13,14)35(9,10)11/h18,20-22,27-28,30-31,33-34H,15-17,19,23,26H2,1-14H3,(H,37,38)/b22-21+,29-27+/t28-,30+,31-,33-,34+,36+/m1/s1. The van der Waals surface area contributed by atoms with Crippen LogP contribution >= 0.6 is 0 Å². The van der Waals surface area contributed by atoms with Crippen LogP contribution in [0.3, 0.4) is 0 Å². The van der Waals surface area contributed by atoms with E-state index >= 15 is 0 Å². The van der Waals surface area contributed by atoms with Crippen LogP contribution in [0.5, 0.6) is 0 Å². The first-order chi connectivity index (χ1) is 18.8. The van der Waals surface area contributed by atoms with Gasteiger partial charge in [-0.25, -0.2) is 0 Å². The molecule has 0 fully saturated rings. The van der Waals surface area contributed by atoms with Crippen LogP contribution in [0.25, 0.3) is 0 Å². The van der Waals surface area contributed by atoms with Crippen LogP contribution in [0.2, 0.25) is 36.3 Å². The predicted molar refractivity (Wildman–Crippen MR) is 186 cm³/mol. The lowest BCUT2D eigenvalue weighted by atomic mass is 9.71. The molecule has 5 heteroatoms. The molecule has 0 bridgehead atoms.